The van der Waals surface area contributed by atoms with E-state index in [1.165, 1.54) is 23.4 Å². The highest BCUT2D eigenvalue weighted by Gasteiger charge is 2.53. The molecule has 2 saturated carbocycles. The number of benzene rings is 2. The van der Waals surface area contributed by atoms with E-state index in [-0.39, 0.29) is 17.9 Å². The summed E-state index contributed by atoms with van der Waals surface area (Å²) < 4.78 is 5.84. The number of nitrogens with zero attached hydrogens (tertiary/aromatic N) is 3. The molecule has 3 atom stereocenters. The molecule has 0 radical (unpaired) electrons. The van der Waals surface area contributed by atoms with E-state index in [2.05, 4.69) is 57.6 Å². The molecule has 212 valence electrons. The van der Waals surface area contributed by atoms with Gasteiger partial charge < -0.3 is 19.9 Å². The molecule has 4 aliphatic rings. The molecule has 40 heavy (non-hydrogen) atoms. The fourth-order valence-electron chi connectivity index (χ4n) is 7.44. The molecule has 2 saturated heterocycles. The predicted molar refractivity (Wildman–Crippen MR) is 161 cm³/mol. The summed E-state index contributed by atoms with van der Waals surface area (Å²) in [5, 5.41) is 14.3. The lowest BCUT2D eigenvalue weighted by Gasteiger charge is -2.47. The Morgan fingerprint density at radius 2 is 1.75 bits per heavy atom. The highest BCUT2D eigenvalue weighted by Crippen LogP contribution is 2.51. The normalized spacial score (nSPS) is 25.6. The van der Waals surface area contributed by atoms with Crippen LogP contribution in [0.1, 0.15) is 50.5 Å². The first-order valence-electron chi connectivity index (χ1n) is 15.2. The van der Waals surface area contributed by atoms with Crippen molar-refractivity contribution in [3.05, 3.63) is 60.2 Å². The van der Waals surface area contributed by atoms with Gasteiger partial charge in [0.15, 0.2) is 0 Å². The number of amides is 1. The number of carbonyl (C=O) groups is 1. The van der Waals surface area contributed by atoms with E-state index >= 15 is 0 Å². The van der Waals surface area contributed by atoms with Gasteiger partial charge in [-0.1, -0.05) is 30.3 Å². The van der Waals surface area contributed by atoms with E-state index < -0.39 is 11.5 Å². The summed E-state index contributed by atoms with van der Waals surface area (Å²) in [7, 11) is 1.60. The number of piperidine rings is 1. The molecule has 1 N–H and O–H groups in total. The first kappa shape index (κ1) is 27.5. The number of rotatable bonds is 9. The molecule has 2 aromatic carbocycles. The summed E-state index contributed by atoms with van der Waals surface area (Å²) in [6, 6.07) is 22.4. The Bertz CT molecular complexity index is 1180. The molecule has 4 fully saturated rings. The Hall–Kier alpha value is -2.69. The van der Waals surface area contributed by atoms with Crippen molar-refractivity contribution in [2.24, 2.45) is 17.8 Å². The lowest BCUT2D eigenvalue weighted by Crippen LogP contribution is -2.54. The van der Waals surface area contributed by atoms with Crippen LogP contribution in [-0.2, 0) is 10.2 Å². The van der Waals surface area contributed by atoms with Crippen LogP contribution in [0.5, 0.6) is 0 Å². The van der Waals surface area contributed by atoms with Crippen LogP contribution in [0.25, 0.3) is 0 Å². The Labute approximate surface area is 243 Å². The number of nitrogens with one attached hydrogen (secondary N) is 1. The molecule has 2 heterocycles. The third kappa shape index (κ3) is 5.71. The van der Waals surface area contributed by atoms with Crippen molar-refractivity contribution < 1.29 is 9.53 Å². The van der Waals surface area contributed by atoms with Gasteiger partial charge in [0.2, 0.25) is 0 Å². The minimum absolute atomic E-state index is 0.0167. The molecule has 1 amide bonds. The molecule has 2 aliphatic heterocycles. The van der Waals surface area contributed by atoms with Gasteiger partial charge in [0, 0.05) is 54.4 Å². The van der Waals surface area contributed by atoms with E-state index in [1.54, 1.807) is 7.05 Å². The molecule has 6 rings (SSSR count). The second kappa shape index (κ2) is 12.0. The maximum atomic E-state index is 12.2. The standard InChI is InChI=1S/C33H42N4O2S/c1-35-32(38)39-31-9-5-8-30(31)33(23-34,25-6-3-2-4-7-25)26-16-18-36(19-17-26)20-24-21-37(22-24)27-10-12-28(13-11-27)40-29-14-15-29/h2-4,6-7,10-13,24,26,29-31H,5,8-9,14-22H2,1H3,(H,35,38)/t30?,31-,33?/m0/s1. The van der Waals surface area contributed by atoms with E-state index in [0.29, 0.717) is 5.92 Å². The molecule has 6 nitrogen and oxygen atoms in total. The maximum absolute atomic E-state index is 12.2. The Kier molecular flexibility index (Phi) is 8.27. The quantitative estimate of drug-likeness (QED) is 0.403. The van der Waals surface area contributed by atoms with Crippen LogP contribution in [0, 0.1) is 29.1 Å². The van der Waals surface area contributed by atoms with Crippen molar-refractivity contribution in [1.82, 2.24) is 10.2 Å². The van der Waals surface area contributed by atoms with Crippen LogP contribution >= 0.6 is 11.8 Å². The van der Waals surface area contributed by atoms with Crippen molar-refractivity contribution in [3.8, 4) is 6.07 Å². The number of carbonyl (C=O) groups excluding carboxylic acids is 1. The summed E-state index contributed by atoms with van der Waals surface area (Å²) in [5.74, 6) is 0.968. The van der Waals surface area contributed by atoms with E-state index in [1.807, 2.05) is 30.0 Å². The summed E-state index contributed by atoms with van der Waals surface area (Å²) in [4.78, 5) is 18.7. The van der Waals surface area contributed by atoms with Crippen LogP contribution in [0.4, 0.5) is 10.5 Å². The second-order valence-electron chi connectivity index (χ2n) is 12.2. The van der Waals surface area contributed by atoms with Crippen LogP contribution in [0.3, 0.4) is 0 Å². The first-order valence-corrected chi connectivity index (χ1v) is 16.1. The number of alkyl carbamates (subject to hydrolysis) is 1. The fraction of sp³-hybridized carbons (Fsp3) is 0.576. The lowest BCUT2D eigenvalue weighted by atomic mass is 9.59. The minimum atomic E-state index is -0.639. The molecule has 0 bridgehead atoms. The number of thioether (sulfide) groups is 1. The number of anilines is 1. The smallest absolute Gasteiger partial charge is 0.407 e. The van der Waals surface area contributed by atoms with Crippen molar-refractivity contribution in [1.29, 1.82) is 5.26 Å². The molecule has 2 aromatic rings. The first-order chi connectivity index (χ1) is 19.6. The number of nitriles is 1. The van der Waals surface area contributed by atoms with Gasteiger partial charge in [0.1, 0.15) is 6.10 Å². The van der Waals surface area contributed by atoms with Crippen molar-refractivity contribution in [2.45, 2.75) is 66.6 Å². The molecule has 2 unspecified atom stereocenters. The maximum Gasteiger partial charge on any atom is 0.407 e. The SMILES string of the molecule is CNC(=O)O[C@H]1CCCC1C(C#N)(c1ccccc1)C1CCN(CC2CN(c3ccc(SC4CC4)cc3)C2)CC1. The molecule has 0 aromatic heterocycles. The summed E-state index contributed by atoms with van der Waals surface area (Å²) in [5.41, 5.74) is 1.80. The monoisotopic (exact) mass is 558 g/mol. The highest BCUT2D eigenvalue weighted by molar-refractivity contribution is 8.00. The second-order valence-corrected chi connectivity index (χ2v) is 13.6. The molecule has 7 heteroatoms. The van der Waals surface area contributed by atoms with Gasteiger partial charge in [-0.15, -0.1) is 11.8 Å². The molecule has 0 spiro atoms. The topological polar surface area (TPSA) is 68.6 Å². The average molecular weight is 559 g/mol. The summed E-state index contributed by atoms with van der Waals surface area (Å²) in [6.07, 6.45) is 6.86. The zero-order chi connectivity index (χ0) is 27.5. The third-order valence-corrected chi connectivity index (χ3v) is 11.0. The van der Waals surface area contributed by atoms with Gasteiger partial charge in [0.05, 0.1) is 11.5 Å². The van der Waals surface area contributed by atoms with Gasteiger partial charge in [-0.2, -0.15) is 5.26 Å². The van der Waals surface area contributed by atoms with Crippen molar-refractivity contribution in [3.63, 3.8) is 0 Å². The van der Waals surface area contributed by atoms with Crippen LogP contribution in [-0.4, -0.2) is 62.1 Å². The van der Waals surface area contributed by atoms with Gasteiger partial charge >= 0.3 is 6.09 Å². The predicted octanol–water partition coefficient (Wildman–Crippen LogP) is 6.08. The van der Waals surface area contributed by atoms with Gasteiger partial charge in [0.25, 0.3) is 0 Å². The molecular weight excluding hydrogens is 516 g/mol. The highest BCUT2D eigenvalue weighted by atomic mass is 32.2. The number of likely N-dealkylation sites (tertiary alicyclic amines) is 1. The van der Waals surface area contributed by atoms with Gasteiger partial charge in [-0.3, -0.25) is 0 Å². The molecule has 2 aliphatic carbocycles. The van der Waals surface area contributed by atoms with E-state index in [0.717, 1.165) is 75.6 Å². The Morgan fingerprint density at radius 3 is 2.40 bits per heavy atom. The van der Waals surface area contributed by atoms with E-state index in [9.17, 15) is 10.1 Å². The summed E-state index contributed by atoms with van der Waals surface area (Å²) in [6.45, 7) is 5.44. The third-order valence-electron chi connectivity index (χ3n) is 9.67. The number of hydrogen-bond donors (Lipinski definition) is 1. The average Bonchev–Trinajstić information content (AvgIpc) is 3.68. The Balaban J connectivity index is 1.07. The largest absolute Gasteiger partial charge is 0.446 e. The van der Waals surface area contributed by atoms with Crippen LogP contribution in [0.15, 0.2) is 59.5 Å². The van der Waals surface area contributed by atoms with E-state index in [4.69, 9.17) is 4.74 Å². The van der Waals surface area contributed by atoms with Crippen molar-refractivity contribution in [2.75, 3.05) is 44.7 Å². The van der Waals surface area contributed by atoms with Crippen molar-refractivity contribution >= 4 is 23.5 Å². The summed E-state index contributed by atoms with van der Waals surface area (Å²) >= 11 is 2.02. The molecular formula is C33H42N4O2S. The zero-order valence-corrected chi connectivity index (χ0v) is 24.5. The number of ether oxygens (including phenoxy) is 1. The van der Waals surface area contributed by atoms with Crippen LogP contribution < -0.4 is 10.2 Å². The van der Waals surface area contributed by atoms with Gasteiger partial charge in [-0.05, 0) is 93.8 Å². The fourth-order valence-corrected chi connectivity index (χ4v) is 8.49. The minimum Gasteiger partial charge on any atom is -0.446 e. The Morgan fingerprint density at radius 1 is 1.02 bits per heavy atom. The zero-order valence-electron chi connectivity index (χ0n) is 23.6. The number of hydrogen-bond acceptors (Lipinski definition) is 6. The van der Waals surface area contributed by atoms with Crippen LogP contribution in [0.2, 0.25) is 0 Å². The van der Waals surface area contributed by atoms with Gasteiger partial charge in [-0.25, -0.2) is 4.79 Å². The lowest BCUT2D eigenvalue weighted by molar-refractivity contribution is 0.0307.